The van der Waals surface area contributed by atoms with Crippen molar-refractivity contribution in [3.63, 3.8) is 0 Å². The Morgan fingerprint density at radius 1 is 1.24 bits per heavy atom. The fourth-order valence-electron chi connectivity index (χ4n) is 1.67. The van der Waals surface area contributed by atoms with Crippen LogP contribution in [-0.4, -0.2) is 16.0 Å². The molecule has 1 aromatic carbocycles. The molecule has 0 bridgehead atoms. The number of aryl methyl sites for hydroxylation is 1. The molecule has 0 amide bonds. The molecule has 0 unspecified atom stereocenters. The molecule has 0 spiro atoms. The molecule has 17 heavy (non-hydrogen) atoms. The molecular formula is C12H15NO4. The van der Waals surface area contributed by atoms with Crippen LogP contribution in [0, 0.1) is 10.1 Å². The van der Waals surface area contributed by atoms with Crippen molar-refractivity contribution < 1.29 is 14.8 Å². The number of aliphatic carboxylic acids is 1. The Balaban J connectivity index is 2.41. The Kier molecular flexibility index (Phi) is 5.13. The van der Waals surface area contributed by atoms with Crippen molar-refractivity contribution in [2.75, 3.05) is 0 Å². The molecule has 1 rings (SSSR count). The zero-order valence-corrected chi connectivity index (χ0v) is 9.46. The van der Waals surface area contributed by atoms with E-state index in [4.69, 9.17) is 5.11 Å². The second-order valence-electron chi connectivity index (χ2n) is 3.84. The average molecular weight is 237 g/mol. The Bertz CT molecular complexity index is 403. The van der Waals surface area contributed by atoms with Crippen LogP contribution in [0.1, 0.15) is 31.2 Å². The molecule has 0 radical (unpaired) electrons. The molecule has 0 aliphatic rings. The maximum absolute atomic E-state index is 10.7. The molecule has 0 heterocycles. The molecule has 5 heteroatoms. The van der Waals surface area contributed by atoms with Gasteiger partial charge in [0.15, 0.2) is 0 Å². The van der Waals surface area contributed by atoms with Crippen LogP contribution in [0.3, 0.4) is 0 Å². The summed E-state index contributed by atoms with van der Waals surface area (Å²) in [7, 11) is 0. The predicted octanol–water partition coefficient (Wildman–Crippen LogP) is 2.78. The Labute approximate surface area is 99.2 Å². The zero-order valence-electron chi connectivity index (χ0n) is 9.46. The van der Waals surface area contributed by atoms with E-state index in [1.165, 1.54) is 6.07 Å². The van der Waals surface area contributed by atoms with Crippen LogP contribution in [0.25, 0.3) is 0 Å². The van der Waals surface area contributed by atoms with E-state index < -0.39 is 5.97 Å². The Morgan fingerprint density at radius 3 is 2.59 bits per heavy atom. The maximum Gasteiger partial charge on any atom is 0.303 e. The average Bonchev–Trinajstić information content (AvgIpc) is 2.28. The van der Waals surface area contributed by atoms with Crippen LogP contribution >= 0.6 is 0 Å². The van der Waals surface area contributed by atoms with Gasteiger partial charge in [-0.3, -0.25) is 14.9 Å². The summed E-state index contributed by atoms with van der Waals surface area (Å²) in [4.78, 5) is 20.6. The van der Waals surface area contributed by atoms with Gasteiger partial charge in [-0.15, -0.1) is 0 Å². The lowest BCUT2D eigenvalue weighted by molar-refractivity contribution is -0.385. The molecule has 5 nitrogen and oxygen atoms in total. The van der Waals surface area contributed by atoms with Gasteiger partial charge >= 0.3 is 5.97 Å². The largest absolute Gasteiger partial charge is 0.481 e. The topological polar surface area (TPSA) is 80.4 Å². The number of rotatable bonds is 7. The van der Waals surface area contributed by atoms with E-state index in [2.05, 4.69) is 0 Å². The molecule has 92 valence electrons. The number of nitrogens with zero attached hydrogens (tertiary/aromatic N) is 1. The lowest BCUT2D eigenvalue weighted by Gasteiger charge is -2.02. The first-order valence-electron chi connectivity index (χ1n) is 5.55. The van der Waals surface area contributed by atoms with E-state index in [9.17, 15) is 14.9 Å². The second-order valence-corrected chi connectivity index (χ2v) is 3.84. The first kappa shape index (κ1) is 13.2. The summed E-state index contributed by atoms with van der Waals surface area (Å²) in [6.07, 6.45) is 2.96. The number of hydrogen-bond acceptors (Lipinski definition) is 3. The maximum atomic E-state index is 10.7. The molecule has 0 saturated heterocycles. The van der Waals surface area contributed by atoms with Crippen molar-refractivity contribution in [1.29, 1.82) is 0 Å². The lowest BCUT2D eigenvalue weighted by atomic mass is 10.0. The third-order valence-electron chi connectivity index (χ3n) is 2.53. The second kappa shape index (κ2) is 6.62. The van der Waals surface area contributed by atoms with E-state index in [0.717, 1.165) is 12.8 Å². The number of nitro groups is 1. The van der Waals surface area contributed by atoms with Gasteiger partial charge < -0.3 is 5.11 Å². The third-order valence-corrected chi connectivity index (χ3v) is 2.53. The van der Waals surface area contributed by atoms with Gasteiger partial charge in [0.2, 0.25) is 0 Å². The van der Waals surface area contributed by atoms with Crippen molar-refractivity contribution in [2.45, 2.75) is 32.1 Å². The number of hydrogen-bond donors (Lipinski definition) is 1. The van der Waals surface area contributed by atoms with Crippen LogP contribution in [0.5, 0.6) is 0 Å². The minimum atomic E-state index is -0.796. The molecule has 0 aliphatic heterocycles. The van der Waals surface area contributed by atoms with Gasteiger partial charge in [-0.05, 0) is 19.3 Å². The first-order valence-corrected chi connectivity index (χ1v) is 5.55. The summed E-state index contributed by atoms with van der Waals surface area (Å²) in [6, 6.07) is 6.66. The van der Waals surface area contributed by atoms with Crippen molar-refractivity contribution in [1.82, 2.24) is 0 Å². The third kappa shape index (κ3) is 4.63. The fraction of sp³-hybridized carbons (Fsp3) is 0.417. The summed E-state index contributed by atoms with van der Waals surface area (Å²) in [5, 5.41) is 19.2. The summed E-state index contributed by atoms with van der Waals surface area (Å²) >= 11 is 0. The SMILES string of the molecule is O=C(O)CCCCCc1ccccc1[N+](=O)[O-]. The predicted molar refractivity (Wildman–Crippen MR) is 62.9 cm³/mol. The highest BCUT2D eigenvalue weighted by Gasteiger charge is 2.11. The van der Waals surface area contributed by atoms with E-state index in [1.54, 1.807) is 18.2 Å². The molecular weight excluding hydrogens is 222 g/mol. The standard InChI is InChI=1S/C12H15NO4/c14-12(15)9-3-1-2-6-10-7-4-5-8-11(10)13(16)17/h4-5,7-8H,1-3,6,9H2,(H,14,15). The van der Waals surface area contributed by atoms with Crippen molar-refractivity contribution in [3.8, 4) is 0 Å². The number of nitro benzene ring substituents is 1. The molecule has 0 aliphatic carbocycles. The van der Waals surface area contributed by atoms with Crippen LogP contribution in [0.2, 0.25) is 0 Å². The first-order chi connectivity index (χ1) is 8.11. The summed E-state index contributed by atoms with van der Waals surface area (Å²) in [5.74, 6) is -0.796. The van der Waals surface area contributed by atoms with Crippen molar-refractivity contribution in [3.05, 3.63) is 39.9 Å². The number of carboxylic acid groups (broad SMARTS) is 1. The van der Waals surface area contributed by atoms with Crippen LogP contribution < -0.4 is 0 Å². The van der Waals surface area contributed by atoms with Gasteiger partial charge in [0.25, 0.3) is 5.69 Å². The molecule has 1 aromatic rings. The van der Waals surface area contributed by atoms with E-state index in [-0.39, 0.29) is 17.0 Å². The van der Waals surface area contributed by atoms with Gasteiger partial charge in [-0.25, -0.2) is 0 Å². The van der Waals surface area contributed by atoms with Crippen LogP contribution in [0.15, 0.2) is 24.3 Å². The smallest absolute Gasteiger partial charge is 0.303 e. The fourth-order valence-corrected chi connectivity index (χ4v) is 1.67. The Hall–Kier alpha value is -1.91. The summed E-state index contributed by atoms with van der Waals surface area (Å²) in [6.45, 7) is 0. The van der Waals surface area contributed by atoms with Gasteiger partial charge in [-0.2, -0.15) is 0 Å². The lowest BCUT2D eigenvalue weighted by Crippen LogP contribution is -1.97. The molecule has 0 atom stereocenters. The quantitative estimate of drug-likeness (QED) is 0.449. The highest BCUT2D eigenvalue weighted by molar-refractivity contribution is 5.66. The van der Waals surface area contributed by atoms with E-state index in [0.29, 0.717) is 18.4 Å². The monoisotopic (exact) mass is 237 g/mol. The normalized spacial score (nSPS) is 10.1. The highest BCUT2D eigenvalue weighted by Crippen LogP contribution is 2.20. The van der Waals surface area contributed by atoms with E-state index in [1.807, 2.05) is 0 Å². The van der Waals surface area contributed by atoms with Crippen molar-refractivity contribution in [2.24, 2.45) is 0 Å². The number of para-hydroxylation sites is 1. The molecule has 0 saturated carbocycles. The zero-order chi connectivity index (χ0) is 12.7. The number of carbonyl (C=O) groups is 1. The van der Waals surface area contributed by atoms with E-state index >= 15 is 0 Å². The van der Waals surface area contributed by atoms with Crippen molar-refractivity contribution >= 4 is 11.7 Å². The van der Waals surface area contributed by atoms with Crippen LogP contribution in [0.4, 0.5) is 5.69 Å². The van der Waals surface area contributed by atoms with Gasteiger partial charge in [-0.1, -0.05) is 24.6 Å². The summed E-state index contributed by atoms with van der Waals surface area (Å²) < 4.78 is 0. The van der Waals surface area contributed by atoms with Gasteiger partial charge in [0.05, 0.1) is 4.92 Å². The van der Waals surface area contributed by atoms with Crippen LogP contribution in [-0.2, 0) is 11.2 Å². The number of carboxylic acids is 1. The minimum Gasteiger partial charge on any atom is -0.481 e. The number of benzene rings is 1. The molecule has 0 fully saturated rings. The molecule has 1 N–H and O–H groups in total. The summed E-state index contributed by atoms with van der Waals surface area (Å²) in [5.41, 5.74) is 0.860. The van der Waals surface area contributed by atoms with Gasteiger partial charge in [0.1, 0.15) is 0 Å². The highest BCUT2D eigenvalue weighted by atomic mass is 16.6. The Morgan fingerprint density at radius 2 is 1.94 bits per heavy atom. The molecule has 0 aromatic heterocycles. The van der Waals surface area contributed by atoms with Gasteiger partial charge in [0, 0.05) is 18.1 Å². The minimum absolute atomic E-state index is 0.144. The number of unbranched alkanes of at least 4 members (excludes halogenated alkanes) is 2.